The third-order valence-electron chi connectivity index (χ3n) is 4.51. The fourth-order valence-electron chi connectivity index (χ4n) is 3.31. The molecule has 0 radical (unpaired) electrons. The van der Waals surface area contributed by atoms with E-state index in [9.17, 15) is 18.7 Å². The minimum Gasteiger partial charge on any atom is -0.390 e. The highest BCUT2D eigenvalue weighted by atomic mass is 19.1. The number of nitrogens with one attached hydrogen (secondary N) is 2. The Hall–Kier alpha value is -2.38. The van der Waals surface area contributed by atoms with Gasteiger partial charge in [-0.15, -0.1) is 0 Å². The maximum atomic E-state index is 13.5. The molecule has 30 heavy (non-hydrogen) atoms. The second-order valence-electron chi connectivity index (χ2n) is 8.88. The van der Waals surface area contributed by atoms with E-state index >= 15 is 0 Å². The molecular weight excluding hydrogens is 388 g/mol. The van der Waals surface area contributed by atoms with Crippen molar-refractivity contribution in [3.05, 3.63) is 65.0 Å². The molecule has 0 aliphatic heterocycles. The molecular formula is C23H31F2N3O2. The molecule has 7 heteroatoms. The van der Waals surface area contributed by atoms with Gasteiger partial charge in [-0.05, 0) is 53.6 Å². The number of rotatable bonds is 9. The average molecular weight is 420 g/mol. The van der Waals surface area contributed by atoms with Gasteiger partial charge < -0.3 is 15.7 Å². The van der Waals surface area contributed by atoms with Gasteiger partial charge in [-0.3, -0.25) is 9.78 Å². The van der Waals surface area contributed by atoms with Crippen LogP contribution in [0, 0.1) is 17.0 Å². The summed E-state index contributed by atoms with van der Waals surface area (Å²) in [6.07, 6.45) is 1.81. The van der Waals surface area contributed by atoms with Gasteiger partial charge in [-0.2, -0.15) is 0 Å². The number of aliphatic hydroxyl groups excluding tert-OH is 1. The number of carbonyl (C=O) groups excluding carboxylic acids is 1. The molecule has 0 aliphatic rings. The van der Waals surface area contributed by atoms with Crippen molar-refractivity contribution in [2.24, 2.45) is 5.41 Å². The minimum absolute atomic E-state index is 0.113. The average Bonchev–Trinajstić information content (AvgIpc) is 2.58. The number of nitrogens with zero attached hydrogens (tertiary/aromatic N) is 1. The van der Waals surface area contributed by atoms with Crippen LogP contribution in [0.2, 0.25) is 0 Å². The summed E-state index contributed by atoms with van der Waals surface area (Å²) in [7, 11) is 0. The SMILES string of the molecule is CC(=O)N[C@@H](Cc1cc(F)cc(F)c1)[C@H](O)CNCc1ccnc(CC(C)(C)C)c1. The van der Waals surface area contributed by atoms with Gasteiger partial charge in [0.05, 0.1) is 12.1 Å². The zero-order chi connectivity index (χ0) is 22.3. The predicted octanol–water partition coefficient (Wildman–Crippen LogP) is 3.15. The Balaban J connectivity index is 1.96. The van der Waals surface area contributed by atoms with Crippen molar-refractivity contribution in [3.8, 4) is 0 Å². The molecule has 0 aliphatic carbocycles. The molecule has 3 N–H and O–H groups in total. The second-order valence-corrected chi connectivity index (χ2v) is 8.88. The molecule has 0 saturated heterocycles. The van der Waals surface area contributed by atoms with Crippen LogP contribution in [0.15, 0.2) is 36.5 Å². The van der Waals surface area contributed by atoms with E-state index in [4.69, 9.17) is 0 Å². The number of amides is 1. The van der Waals surface area contributed by atoms with Gasteiger partial charge in [-0.1, -0.05) is 20.8 Å². The third kappa shape index (κ3) is 8.55. The van der Waals surface area contributed by atoms with Crippen LogP contribution in [0.1, 0.15) is 44.5 Å². The lowest BCUT2D eigenvalue weighted by molar-refractivity contribution is -0.120. The lowest BCUT2D eigenvalue weighted by Crippen LogP contribution is -2.48. The van der Waals surface area contributed by atoms with Crippen LogP contribution in [0.25, 0.3) is 0 Å². The fourth-order valence-corrected chi connectivity index (χ4v) is 3.31. The molecule has 1 aromatic heterocycles. The van der Waals surface area contributed by atoms with Crippen LogP contribution in [0.4, 0.5) is 8.78 Å². The Labute approximate surface area is 176 Å². The Morgan fingerprint density at radius 2 is 1.80 bits per heavy atom. The molecule has 0 saturated carbocycles. The van der Waals surface area contributed by atoms with Gasteiger partial charge in [0.2, 0.25) is 5.91 Å². The number of halogens is 2. The highest BCUT2D eigenvalue weighted by Crippen LogP contribution is 2.19. The minimum atomic E-state index is -0.934. The second kappa shape index (κ2) is 10.6. The van der Waals surface area contributed by atoms with E-state index in [1.54, 1.807) is 6.20 Å². The maximum Gasteiger partial charge on any atom is 0.217 e. The van der Waals surface area contributed by atoms with Gasteiger partial charge in [0.15, 0.2) is 0 Å². The first kappa shape index (κ1) is 23.9. The van der Waals surface area contributed by atoms with Crippen molar-refractivity contribution in [2.75, 3.05) is 6.54 Å². The van der Waals surface area contributed by atoms with E-state index in [1.165, 1.54) is 19.1 Å². The van der Waals surface area contributed by atoms with Crippen molar-refractivity contribution in [1.29, 1.82) is 0 Å². The summed E-state index contributed by atoms with van der Waals surface area (Å²) in [5.74, 6) is -1.71. The number of aromatic nitrogens is 1. The summed E-state index contributed by atoms with van der Waals surface area (Å²) >= 11 is 0. The maximum absolute atomic E-state index is 13.5. The fraction of sp³-hybridized carbons (Fsp3) is 0.478. The largest absolute Gasteiger partial charge is 0.390 e. The van der Waals surface area contributed by atoms with E-state index in [-0.39, 0.29) is 24.3 Å². The zero-order valence-electron chi connectivity index (χ0n) is 18.0. The first-order valence-electron chi connectivity index (χ1n) is 10.1. The first-order chi connectivity index (χ1) is 14.0. The topological polar surface area (TPSA) is 74.2 Å². The molecule has 1 aromatic carbocycles. The lowest BCUT2D eigenvalue weighted by Gasteiger charge is -2.24. The molecule has 2 aromatic rings. The Bertz CT molecular complexity index is 832. The Morgan fingerprint density at radius 3 is 2.40 bits per heavy atom. The number of aliphatic hydroxyl groups is 1. The molecule has 2 rings (SSSR count). The van der Waals surface area contributed by atoms with Crippen LogP contribution >= 0.6 is 0 Å². The molecule has 2 atom stereocenters. The van der Waals surface area contributed by atoms with Crippen LogP contribution in [0.3, 0.4) is 0 Å². The number of benzene rings is 1. The van der Waals surface area contributed by atoms with Crippen molar-refractivity contribution < 1.29 is 18.7 Å². The van der Waals surface area contributed by atoms with Crippen molar-refractivity contribution in [2.45, 2.75) is 59.2 Å². The molecule has 1 amide bonds. The summed E-state index contributed by atoms with van der Waals surface area (Å²) in [6, 6.07) is 6.46. The Kier molecular flexibility index (Phi) is 8.43. The summed E-state index contributed by atoms with van der Waals surface area (Å²) in [4.78, 5) is 15.9. The van der Waals surface area contributed by atoms with E-state index in [0.29, 0.717) is 12.1 Å². The molecule has 0 bridgehead atoms. The summed E-state index contributed by atoms with van der Waals surface area (Å²) < 4.78 is 26.9. The van der Waals surface area contributed by atoms with Crippen LogP contribution in [-0.4, -0.2) is 34.7 Å². The smallest absolute Gasteiger partial charge is 0.217 e. The normalized spacial score (nSPS) is 13.7. The van der Waals surface area contributed by atoms with Crippen molar-refractivity contribution >= 4 is 5.91 Å². The number of hydrogen-bond acceptors (Lipinski definition) is 4. The van der Waals surface area contributed by atoms with E-state index in [2.05, 4.69) is 36.4 Å². The van der Waals surface area contributed by atoms with Crippen LogP contribution in [-0.2, 0) is 24.2 Å². The number of hydrogen-bond donors (Lipinski definition) is 3. The van der Waals surface area contributed by atoms with Gasteiger partial charge in [-0.25, -0.2) is 8.78 Å². The first-order valence-corrected chi connectivity index (χ1v) is 10.1. The predicted molar refractivity (Wildman–Crippen MR) is 113 cm³/mol. The van der Waals surface area contributed by atoms with Crippen LogP contribution < -0.4 is 10.6 Å². The standard InChI is InChI=1S/C23H31F2N3O2/c1-15(29)28-21(10-17-7-18(24)11-19(25)8-17)22(30)14-26-13-16-5-6-27-20(9-16)12-23(2,3)4/h5-9,11,21-22,26,30H,10,12-14H2,1-4H3,(H,28,29)/t21-,22+/m0/s1. The molecule has 1 heterocycles. The highest BCUT2D eigenvalue weighted by Gasteiger charge is 2.21. The molecule has 0 spiro atoms. The molecule has 0 unspecified atom stereocenters. The monoisotopic (exact) mass is 419 g/mol. The van der Waals surface area contributed by atoms with Crippen molar-refractivity contribution in [3.63, 3.8) is 0 Å². The van der Waals surface area contributed by atoms with E-state index < -0.39 is 23.8 Å². The molecule has 0 fully saturated rings. The Morgan fingerprint density at radius 1 is 1.13 bits per heavy atom. The van der Waals surface area contributed by atoms with E-state index in [1.807, 2.05) is 12.1 Å². The third-order valence-corrected chi connectivity index (χ3v) is 4.51. The van der Waals surface area contributed by atoms with Crippen molar-refractivity contribution in [1.82, 2.24) is 15.6 Å². The summed E-state index contributed by atoms with van der Waals surface area (Å²) in [5.41, 5.74) is 2.55. The quantitative estimate of drug-likeness (QED) is 0.584. The van der Waals surface area contributed by atoms with Crippen LogP contribution in [0.5, 0.6) is 0 Å². The van der Waals surface area contributed by atoms with E-state index in [0.717, 1.165) is 23.7 Å². The van der Waals surface area contributed by atoms with Gasteiger partial charge in [0, 0.05) is 38.0 Å². The summed E-state index contributed by atoms with van der Waals surface area (Å²) in [6.45, 7) is 8.54. The van der Waals surface area contributed by atoms with Gasteiger partial charge in [0.25, 0.3) is 0 Å². The molecule has 164 valence electrons. The van der Waals surface area contributed by atoms with Gasteiger partial charge >= 0.3 is 0 Å². The highest BCUT2D eigenvalue weighted by molar-refractivity contribution is 5.73. The zero-order valence-corrected chi connectivity index (χ0v) is 18.0. The number of pyridine rings is 1. The summed E-state index contributed by atoms with van der Waals surface area (Å²) in [5, 5.41) is 16.4. The molecule has 5 nitrogen and oxygen atoms in total. The van der Waals surface area contributed by atoms with Gasteiger partial charge in [0.1, 0.15) is 11.6 Å². The lowest BCUT2D eigenvalue weighted by atomic mass is 9.90. The number of carbonyl (C=O) groups is 1.